The van der Waals surface area contributed by atoms with Crippen LogP contribution in [0.4, 0.5) is 4.79 Å². The van der Waals surface area contributed by atoms with Crippen molar-refractivity contribution in [2.45, 2.75) is 25.4 Å². The van der Waals surface area contributed by atoms with Crippen molar-refractivity contribution in [1.29, 1.82) is 0 Å². The first kappa shape index (κ1) is 16.1. The van der Waals surface area contributed by atoms with Gasteiger partial charge in [-0.05, 0) is 25.4 Å². The van der Waals surface area contributed by atoms with Crippen molar-refractivity contribution in [2.24, 2.45) is 0 Å². The summed E-state index contributed by atoms with van der Waals surface area (Å²) in [5.74, 6) is -0.334. The number of hydrogen-bond donors (Lipinski definition) is 3. The normalized spacial score (nSPS) is 13.8. The van der Waals surface area contributed by atoms with Crippen LogP contribution in [0.15, 0.2) is 0 Å². The number of nitrogens with one attached hydrogen (secondary N) is 2. The number of rotatable bonds is 8. The smallest absolute Gasteiger partial charge is 0.326 e. The molecule has 17 heavy (non-hydrogen) atoms. The zero-order chi connectivity index (χ0) is 13.3. The summed E-state index contributed by atoms with van der Waals surface area (Å²) in [4.78, 5) is 22.3. The molecule has 0 rings (SSSR count). The average Bonchev–Trinajstić information content (AvgIpc) is 2.23. The molecular weight excluding hydrogens is 244 g/mol. The first-order valence-corrected chi connectivity index (χ1v) is 6.68. The summed E-state index contributed by atoms with van der Waals surface area (Å²) in [5.41, 5.74) is 0. The number of carbonyl (C=O) groups is 2. The second-order valence-electron chi connectivity index (χ2n) is 3.65. The molecule has 0 aliphatic carbocycles. The molecule has 7 heteroatoms. The Labute approximate surface area is 105 Å². The SMILES string of the molecule is COCC(C)NC(=O)N[C@H](CCSC)C(=O)O. The van der Waals surface area contributed by atoms with Gasteiger partial charge in [-0.1, -0.05) is 0 Å². The minimum Gasteiger partial charge on any atom is -0.480 e. The lowest BCUT2D eigenvalue weighted by molar-refractivity contribution is -0.139. The maximum Gasteiger partial charge on any atom is 0.326 e. The molecule has 0 aromatic heterocycles. The van der Waals surface area contributed by atoms with Gasteiger partial charge in [-0.25, -0.2) is 9.59 Å². The highest BCUT2D eigenvalue weighted by molar-refractivity contribution is 7.98. The van der Waals surface area contributed by atoms with Crippen LogP contribution in [0.25, 0.3) is 0 Å². The molecule has 6 nitrogen and oxygen atoms in total. The van der Waals surface area contributed by atoms with E-state index in [1.54, 1.807) is 18.7 Å². The fraction of sp³-hybridized carbons (Fsp3) is 0.800. The van der Waals surface area contributed by atoms with E-state index in [9.17, 15) is 9.59 Å². The van der Waals surface area contributed by atoms with Crippen molar-refractivity contribution in [3.63, 3.8) is 0 Å². The Morgan fingerprint density at radius 2 is 2.06 bits per heavy atom. The Hall–Kier alpha value is -0.950. The van der Waals surface area contributed by atoms with Gasteiger partial charge in [-0.15, -0.1) is 0 Å². The molecule has 0 fully saturated rings. The van der Waals surface area contributed by atoms with Gasteiger partial charge in [0, 0.05) is 7.11 Å². The second-order valence-corrected chi connectivity index (χ2v) is 4.63. The van der Waals surface area contributed by atoms with E-state index in [0.29, 0.717) is 18.8 Å². The van der Waals surface area contributed by atoms with E-state index in [4.69, 9.17) is 9.84 Å². The lowest BCUT2D eigenvalue weighted by Crippen LogP contribution is -2.49. The van der Waals surface area contributed by atoms with E-state index in [1.807, 2.05) is 6.26 Å². The quantitative estimate of drug-likeness (QED) is 0.595. The van der Waals surface area contributed by atoms with Crippen molar-refractivity contribution >= 4 is 23.8 Å². The third kappa shape index (κ3) is 7.87. The highest BCUT2D eigenvalue weighted by Crippen LogP contribution is 2.01. The zero-order valence-corrected chi connectivity index (χ0v) is 11.2. The lowest BCUT2D eigenvalue weighted by atomic mass is 10.2. The van der Waals surface area contributed by atoms with Gasteiger partial charge in [-0.3, -0.25) is 0 Å². The van der Waals surface area contributed by atoms with E-state index >= 15 is 0 Å². The highest BCUT2D eigenvalue weighted by Gasteiger charge is 2.19. The maximum absolute atomic E-state index is 11.5. The molecule has 0 aliphatic rings. The molecule has 0 bridgehead atoms. The van der Waals surface area contributed by atoms with Crippen molar-refractivity contribution in [1.82, 2.24) is 10.6 Å². The zero-order valence-electron chi connectivity index (χ0n) is 10.4. The van der Waals surface area contributed by atoms with Crippen LogP contribution < -0.4 is 10.6 Å². The molecule has 0 saturated carbocycles. The fourth-order valence-electron chi connectivity index (χ4n) is 1.21. The molecule has 0 heterocycles. The van der Waals surface area contributed by atoms with Crippen molar-refractivity contribution in [3.05, 3.63) is 0 Å². The van der Waals surface area contributed by atoms with Gasteiger partial charge >= 0.3 is 12.0 Å². The van der Waals surface area contributed by atoms with Gasteiger partial charge in [0.25, 0.3) is 0 Å². The molecule has 0 radical (unpaired) electrons. The van der Waals surface area contributed by atoms with E-state index in [-0.39, 0.29) is 6.04 Å². The minimum absolute atomic E-state index is 0.157. The van der Waals surface area contributed by atoms with Gasteiger partial charge in [0.2, 0.25) is 0 Å². The highest BCUT2D eigenvalue weighted by atomic mass is 32.2. The topological polar surface area (TPSA) is 87.7 Å². The van der Waals surface area contributed by atoms with Crippen LogP contribution in [-0.4, -0.2) is 54.9 Å². The Morgan fingerprint density at radius 1 is 1.41 bits per heavy atom. The van der Waals surface area contributed by atoms with E-state index in [2.05, 4.69) is 10.6 Å². The molecular formula is C10H20N2O4S. The molecule has 1 unspecified atom stereocenters. The molecule has 2 amide bonds. The number of hydrogen-bond acceptors (Lipinski definition) is 4. The molecule has 0 aromatic carbocycles. The molecule has 0 spiro atoms. The van der Waals surface area contributed by atoms with Gasteiger partial charge in [-0.2, -0.15) is 11.8 Å². The van der Waals surface area contributed by atoms with Crippen molar-refractivity contribution < 1.29 is 19.4 Å². The third-order valence-electron chi connectivity index (χ3n) is 2.01. The van der Waals surface area contributed by atoms with Gasteiger partial charge < -0.3 is 20.5 Å². The summed E-state index contributed by atoms with van der Waals surface area (Å²) in [5, 5.41) is 13.9. The minimum atomic E-state index is -1.02. The van der Waals surface area contributed by atoms with Crippen LogP contribution in [0, 0.1) is 0 Å². The number of ether oxygens (including phenoxy) is 1. The Bertz CT molecular complexity index is 250. The first-order valence-electron chi connectivity index (χ1n) is 5.29. The number of aliphatic carboxylic acids is 1. The van der Waals surface area contributed by atoms with E-state index < -0.39 is 18.0 Å². The van der Waals surface area contributed by atoms with Crippen molar-refractivity contribution in [3.8, 4) is 0 Å². The first-order chi connectivity index (χ1) is 8.01. The van der Waals surface area contributed by atoms with Gasteiger partial charge in [0.05, 0.1) is 12.6 Å². The Balaban J connectivity index is 4.07. The lowest BCUT2D eigenvalue weighted by Gasteiger charge is -2.17. The fourth-order valence-corrected chi connectivity index (χ4v) is 1.68. The molecule has 100 valence electrons. The van der Waals surface area contributed by atoms with Crippen LogP contribution in [0.2, 0.25) is 0 Å². The Kier molecular flexibility index (Phi) is 8.61. The van der Waals surface area contributed by atoms with E-state index in [0.717, 1.165) is 0 Å². The van der Waals surface area contributed by atoms with Gasteiger partial charge in [0.15, 0.2) is 0 Å². The number of amides is 2. The predicted octanol–water partition coefficient (Wildman–Crippen LogP) is 0.527. The number of urea groups is 1. The maximum atomic E-state index is 11.5. The van der Waals surface area contributed by atoms with E-state index in [1.165, 1.54) is 7.11 Å². The summed E-state index contributed by atoms with van der Waals surface area (Å²) in [6, 6.07) is -1.49. The average molecular weight is 264 g/mol. The molecule has 0 saturated heterocycles. The van der Waals surface area contributed by atoms with Crippen LogP contribution in [0.3, 0.4) is 0 Å². The van der Waals surface area contributed by atoms with Crippen LogP contribution in [-0.2, 0) is 9.53 Å². The largest absolute Gasteiger partial charge is 0.480 e. The number of methoxy groups -OCH3 is 1. The second kappa shape index (κ2) is 9.12. The Morgan fingerprint density at radius 3 is 2.53 bits per heavy atom. The van der Waals surface area contributed by atoms with Crippen LogP contribution in [0.1, 0.15) is 13.3 Å². The summed E-state index contributed by atoms with van der Waals surface area (Å²) < 4.78 is 4.86. The molecule has 2 atom stereocenters. The van der Waals surface area contributed by atoms with Crippen molar-refractivity contribution in [2.75, 3.05) is 25.7 Å². The number of carboxylic acid groups (broad SMARTS) is 1. The standard InChI is InChI=1S/C10H20N2O4S/c1-7(6-16-2)11-10(15)12-8(9(13)14)4-5-17-3/h7-8H,4-6H2,1-3H3,(H,13,14)(H2,11,12,15)/t7?,8-/m1/s1. The molecule has 3 N–H and O–H groups in total. The summed E-state index contributed by atoms with van der Waals surface area (Å²) >= 11 is 1.54. The van der Waals surface area contributed by atoms with Gasteiger partial charge in [0.1, 0.15) is 6.04 Å². The number of carboxylic acids is 1. The predicted molar refractivity (Wildman–Crippen MR) is 67.4 cm³/mol. The van der Waals surface area contributed by atoms with Crippen LogP contribution >= 0.6 is 11.8 Å². The summed E-state index contributed by atoms with van der Waals surface area (Å²) in [7, 11) is 1.54. The number of thioether (sulfide) groups is 1. The molecule has 0 aromatic rings. The van der Waals surface area contributed by atoms with Crippen LogP contribution in [0.5, 0.6) is 0 Å². The third-order valence-corrected chi connectivity index (χ3v) is 2.65. The monoisotopic (exact) mass is 264 g/mol. The number of carbonyl (C=O) groups excluding carboxylic acids is 1. The molecule has 0 aliphatic heterocycles. The summed E-state index contributed by atoms with van der Waals surface area (Å²) in [6.07, 6.45) is 2.29. The summed E-state index contributed by atoms with van der Waals surface area (Å²) in [6.45, 7) is 2.16.